The molecule has 6 aromatic carbocycles. The average molecular weight is 694 g/mol. The molecule has 250 valence electrons. The number of nitrogens with zero attached hydrogens (tertiary/aromatic N) is 3. The Labute approximate surface area is 304 Å². The Morgan fingerprint density at radius 2 is 0.686 bits per heavy atom. The summed E-state index contributed by atoms with van der Waals surface area (Å²) in [5.41, 5.74) is 10.2. The van der Waals surface area contributed by atoms with E-state index in [-0.39, 0.29) is 0 Å². The SMILES string of the molecule is C[Si](C)(C)c1ccc(-c2nc(-c3ccc(C4(c5ccccc5)c5ccccc5-c5ccccc54)cc3)nc(-c3ccc([Si](C)(C)C)cc3)n2)cc1. The van der Waals surface area contributed by atoms with Gasteiger partial charge in [0.15, 0.2) is 17.5 Å². The van der Waals surface area contributed by atoms with Crippen molar-refractivity contribution in [1.82, 2.24) is 15.0 Å². The summed E-state index contributed by atoms with van der Waals surface area (Å²) in [5.74, 6) is 2.05. The van der Waals surface area contributed by atoms with Crippen LogP contribution in [0.3, 0.4) is 0 Å². The smallest absolute Gasteiger partial charge is 0.164 e. The summed E-state index contributed by atoms with van der Waals surface area (Å²) in [6, 6.07) is 55.3. The third-order valence-electron chi connectivity index (χ3n) is 10.4. The van der Waals surface area contributed by atoms with Gasteiger partial charge in [0, 0.05) is 16.7 Å². The molecule has 0 saturated carbocycles. The molecule has 1 aliphatic carbocycles. The fraction of sp³-hybridized carbons (Fsp3) is 0.152. The second-order valence-electron chi connectivity index (χ2n) is 15.7. The van der Waals surface area contributed by atoms with E-state index in [4.69, 9.17) is 15.0 Å². The van der Waals surface area contributed by atoms with Crippen molar-refractivity contribution in [3.63, 3.8) is 0 Å². The van der Waals surface area contributed by atoms with Crippen LogP contribution >= 0.6 is 0 Å². The monoisotopic (exact) mass is 693 g/mol. The number of fused-ring (bicyclic) bond motifs is 3. The number of hydrogen-bond acceptors (Lipinski definition) is 3. The first kappa shape index (κ1) is 32.9. The van der Waals surface area contributed by atoms with E-state index < -0.39 is 21.6 Å². The van der Waals surface area contributed by atoms with Crippen LogP contribution in [0.1, 0.15) is 22.3 Å². The van der Waals surface area contributed by atoms with Crippen LogP contribution < -0.4 is 10.4 Å². The van der Waals surface area contributed by atoms with Gasteiger partial charge in [-0.2, -0.15) is 0 Å². The zero-order chi connectivity index (χ0) is 35.4. The first-order chi connectivity index (χ1) is 24.5. The predicted octanol–water partition coefficient (Wildman–Crippen LogP) is 10.3. The van der Waals surface area contributed by atoms with Gasteiger partial charge in [0.1, 0.15) is 0 Å². The Morgan fingerprint density at radius 1 is 0.353 bits per heavy atom. The highest BCUT2D eigenvalue weighted by Crippen LogP contribution is 2.56. The third kappa shape index (κ3) is 5.80. The van der Waals surface area contributed by atoms with Gasteiger partial charge >= 0.3 is 0 Å². The Balaban J connectivity index is 1.28. The van der Waals surface area contributed by atoms with Gasteiger partial charge in [-0.15, -0.1) is 0 Å². The molecule has 51 heavy (non-hydrogen) atoms. The van der Waals surface area contributed by atoms with Crippen molar-refractivity contribution >= 4 is 26.5 Å². The third-order valence-corrected chi connectivity index (χ3v) is 14.5. The molecular formula is C46H43N3Si2. The highest BCUT2D eigenvalue weighted by molar-refractivity contribution is 6.89. The van der Waals surface area contributed by atoms with E-state index in [1.54, 1.807) is 0 Å². The predicted molar refractivity (Wildman–Crippen MR) is 219 cm³/mol. The normalized spacial score (nSPS) is 13.5. The maximum absolute atomic E-state index is 5.12. The molecule has 0 spiro atoms. The summed E-state index contributed by atoms with van der Waals surface area (Å²) in [5, 5.41) is 2.83. The minimum atomic E-state index is -1.45. The Morgan fingerprint density at radius 3 is 1.08 bits per heavy atom. The minimum absolute atomic E-state index is 0.446. The first-order valence-electron chi connectivity index (χ1n) is 17.9. The summed E-state index contributed by atoms with van der Waals surface area (Å²) in [7, 11) is -2.89. The van der Waals surface area contributed by atoms with Crippen LogP contribution in [-0.2, 0) is 5.41 Å². The molecule has 0 fully saturated rings. The van der Waals surface area contributed by atoms with E-state index >= 15 is 0 Å². The van der Waals surface area contributed by atoms with Crippen molar-refractivity contribution in [2.24, 2.45) is 0 Å². The Hall–Kier alpha value is -5.24. The molecule has 0 radical (unpaired) electrons. The highest BCUT2D eigenvalue weighted by Gasteiger charge is 2.45. The van der Waals surface area contributed by atoms with Crippen molar-refractivity contribution in [1.29, 1.82) is 0 Å². The fourth-order valence-electron chi connectivity index (χ4n) is 7.58. The molecule has 3 nitrogen and oxygen atoms in total. The van der Waals surface area contributed by atoms with Crippen molar-refractivity contribution in [2.45, 2.75) is 44.7 Å². The lowest BCUT2D eigenvalue weighted by Gasteiger charge is -2.34. The van der Waals surface area contributed by atoms with E-state index in [1.165, 1.54) is 43.8 Å². The Bertz CT molecular complexity index is 2230. The molecule has 0 N–H and O–H groups in total. The lowest BCUT2D eigenvalue weighted by atomic mass is 9.67. The number of aromatic nitrogens is 3. The fourth-order valence-corrected chi connectivity index (χ4v) is 9.92. The van der Waals surface area contributed by atoms with Crippen LogP contribution in [0.2, 0.25) is 39.3 Å². The molecule has 0 aliphatic heterocycles. The second-order valence-corrected chi connectivity index (χ2v) is 25.9. The number of hydrogen-bond donors (Lipinski definition) is 0. The molecule has 0 bridgehead atoms. The van der Waals surface area contributed by atoms with Gasteiger partial charge in [-0.1, -0.05) is 201 Å². The van der Waals surface area contributed by atoms with Crippen molar-refractivity contribution in [2.75, 3.05) is 0 Å². The quantitative estimate of drug-likeness (QED) is 0.156. The highest BCUT2D eigenvalue weighted by atomic mass is 28.3. The largest absolute Gasteiger partial charge is 0.208 e. The molecule has 0 atom stereocenters. The molecule has 0 unspecified atom stereocenters. The van der Waals surface area contributed by atoms with Crippen LogP contribution in [0.4, 0.5) is 0 Å². The van der Waals surface area contributed by atoms with Gasteiger partial charge in [0.2, 0.25) is 0 Å². The van der Waals surface area contributed by atoms with E-state index in [0.29, 0.717) is 17.5 Å². The van der Waals surface area contributed by atoms with Crippen LogP contribution in [0.5, 0.6) is 0 Å². The first-order valence-corrected chi connectivity index (χ1v) is 24.9. The van der Waals surface area contributed by atoms with Crippen LogP contribution in [0, 0.1) is 0 Å². The lowest BCUT2D eigenvalue weighted by Crippen LogP contribution is -2.37. The van der Waals surface area contributed by atoms with Crippen molar-refractivity contribution in [3.8, 4) is 45.3 Å². The lowest BCUT2D eigenvalue weighted by molar-refractivity contribution is 0.768. The van der Waals surface area contributed by atoms with Gasteiger partial charge < -0.3 is 0 Å². The number of rotatable bonds is 7. The van der Waals surface area contributed by atoms with Gasteiger partial charge in [-0.25, -0.2) is 15.0 Å². The van der Waals surface area contributed by atoms with Gasteiger partial charge in [0.25, 0.3) is 0 Å². The molecule has 1 aliphatic rings. The molecule has 8 rings (SSSR count). The number of benzene rings is 6. The summed E-state index contributed by atoms with van der Waals surface area (Å²) in [6.07, 6.45) is 0. The topological polar surface area (TPSA) is 38.7 Å². The van der Waals surface area contributed by atoms with Crippen molar-refractivity contribution < 1.29 is 0 Å². The molecule has 1 aromatic heterocycles. The maximum atomic E-state index is 5.12. The molecule has 0 amide bonds. The van der Waals surface area contributed by atoms with Crippen LogP contribution in [0.25, 0.3) is 45.3 Å². The van der Waals surface area contributed by atoms with E-state index in [0.717, 1.165) is 16.7 Å². The molecule has 0 saturated heterocycles. The van der Waals surface area contributed by atoms with Crippen LogP contribution in [-0.4, -0.2) is 31.1 Å². The summed E-state index contributed by atoms with van der Waals surface area (Å²) in [4.78, 5) is 15.3. The summed E-state index contributed by atoms with van der Waals surface area (Å²) < 4.78 is 0. The van der Waals surface area contributed by atoms with Gasteiger partial charge in [-0.3, -0.25) is 0 Å². The van der Waals surface area contributed by atoms with Gasteiger partial charge in [-0.05, 0) is 33.4 Å². The maximum Gasteiger partial charge on any atom is 0.164 e. The van der Waals surface area contributed by atoms with Crippen molar-refractivity contribution in [3.05, 3.63) is 174 Å². The Kier molecular flexibility index (Phi) is 8.08. The average Bonchev–Trinajstić information content (AvgIpc) is 3.46. The molecule has 1 heterocycles. The zero-order valence-electron chi connectivity index (χ0n) is 30.3. The molecule has 5 heteroatoms. The molecular weight excluding hydrogens is 651 g/mol. The van der Waals surface area contributed by atoms with E-state index in [2.05, 4.69) is 191 Å². The molecule has 7 aromatic rings. The van der Waals surface area contributed by atoms with E-state index in [9.17, 15) is 0 Å². The van der Waals surface area contributed by atoms with Gasteiger partial charge in [0.05, 0.1) is 21.6 Å². The summed E-state index contributed by atoms with van der Waals surface area (Å²) in [6.45, 7) is 14.2. The zero-order valence-corrected chi connectivity index (χ0v) is 32.3. The standard InChI is InChI=1S/C46H43N3Si2/c1-50(2,3)37-28-22-33(23-29-37)44-47-43(48-45(49-44)34-24-30-38(31-25-34)51(4,5)6)32-20-26-36(27-21-32)46(35-14-8-7-9-15-35)41-18-12-10-16-39(41)40-17-11-13-19-42(40)46/h7-31H,1-6H3. The summed E-state index contributed by atoms with van der Waals surface area (Å²) >= 11 is 0. The second kappa shape index (κ2) is 12.5. The minimum Gasteiger partial charge on any atom is -0.208 e. The van der Waals surface area contributed by atoms with E-state index in [1.807, 2.05) is 0 Å². The van der Waals surface area contributed by atoms with Crippen LogP contribution in [0.15, 0.2) is 152 Å².